The number of fused-ring (bicyclic) bond motifs is 3. The van der Waals surface area contributed by atoms with Gasteiger partial charge >= 0.3 is 0 Å². The van der Waals surface area contributed by atoms with Crippen LogP contribution in [0, 0.1) is 22.0 Å². The van der Waals surface area contributed by atoms with Crippen LogP contribution in [0.4, 0.5) is 17.1 Å². The Bertz CT molecular complexity index is 1230. The number of allylic oxidation sites excluding steroid dienone is 1. The lowest BCUT2D eigenvalue weighted by Crippen LogP contribution is -2.47. The summed E-state index contributed by atoms with van der Waals surface area (Å²) in [7, 11) is 0. The highest BCUT2D eigenvalue weighted by Gasteiger charge is 2.64. The first kappa shape index (κ1) is 20.8. The van der Waals surface area contributed by atoms with Crippen molar-refractivity contribution in [2.45, 2.75) is 12.1 Å². The summed E-state index contributed by atoms with van der Waals surface area (Å²) >= 11 is 5.90. The number of amides is 3. The Morgan fingerprint density at radius 2 is 1.70 bits per heavy atom. The van der Waals surface area contributed by atoms with Crippen LogP contribution in [0.5, 0.6) is 0 Å². The smallest absolute Gasteiger partial charge is 0.269 e. The Hall–Kier alpha value is -4.05. The third kappa shape index (κ3) is 3.35. The summed E-state index contributed by atoms with van der Waals surface area (Å²) in [6, 6.07) is 10.1. The van der Waals surface area contributed by atoms with Crippen LogP contribution in [0.25, 0.3) is 0 Å². The van der Waals surface area contributed by atoms with Gasteiger partial charge in [0, 0.05) is 29.1 Å². The predicted octanol–water partition coefficient (Wildman–Crippen LogP) is 2.60. The van der Waals surface area contributed by atoms with E-state index in [1.807, 2.05) is 0 Å². The molecule has 0 spiro atoms. The van der Waals surface area contributed by atoms with Crippen LogP contribution >= 0.6 is 11.6 Å². The summed E-state index contributed by atoms with van der Waals surface area (Å²) in [6.07, 6.45) is 4.91. The lowest BCUT2D eigenvalue weighted by molar-refractivity contribution is -0.384. The van der Waals surface area contributed by atoms with Gasteiger partial charge < -0.3 is 5.32 Å². The Morgan fingerprint density at radius 1 is 1.03 bits per heavy atom. The van der Waals surface area contributed by atoms with Gasteiger partial charge in [-0.05, 0) is 42.5 Å². The molecule has 2 fully saturated rings. The highest BCUT2D eigenvalue weighted by atomic mass is 35.5. The molecule has 4 unspecified atom stereocenters. The molecule has 0 aliphatic carbocycles. The summed E-state index contributed by atoms with van der Waals surface area (Å²) in [5, 5.41) is 20.0. The normalized spacial score (nSPS) is 25.2. The summed E-state index contributed by atoms with van der Waals surface area (Å²) < 4.78 is 0. The quantitative estimate of drug-likeness (QED) is 0.420. The first-order chi connectivity index (χ1) is 15.9. The average molecular weight is 466 g/mol. The summed E-state index contributed by atoms with van der Waals surface area (Å²) in [5.41, 5.74) is 0.551. The first-order valence-corrected chi connectivity index (χ1v) is 10.4. The number of nitro groups is 1. The number of imide groups is 1. The van der Waals surface area contributed by atoms with E-state index in [-0.39, 0.29) is 11.4 Å². The predicted molar refractivity (Wildman–Crippen MR) is 120 cm³/mol. The number of carbonyl (C=O) groups excluding carboxylic acids is 3. The van der Waals surface area contributed by atoms with Gasteiger partial charge in [0.1, 0.15) is 6.04 Å². The monoisotopic (exact) mass is 465 g/mol. The van der Waals surface area contributed by atoms with E-state index in [0.29, 0.717) is 10.7 Å². The Balaban J connectivity index is 1.48. The number of benzene rings is 2. The first-order valence-electron chi connectivity index (χ1n) is 10.0. The second kappa shape index (κ2) is 7.82. The van der Waals surface area contributed by atoms with Crippen molar-refractivity contribution >= 4 is 52.6 Å². The third-order valence-corrected chi connectivity index (χ3v) is 6.24. The molecule has 3 aliphatic rings. The minimum absolute atomic E-state index is 0.158. The van der Waals surface area contributed by atoms with Gasteiger partial charge in [-0.2, -0.15) is 5.10 Å². The average Bonchev–Trinajstić information content (AvgIpc) is 3.28. The van der Waals surface area contributed by atoms with Gasteiger partial charge in [-0.15, -0.1) is 0 Å². The zero-order valence-corrected chi connectivity index (χ0v) is 17.6. The molecule has 5 rings (SSSR count). The lowest BCUT2D eigenvalue weighted by atomic mass is 9.88. The van der Waals surface area contributed by atoms with Gasteiger partial charge in [0.15, 0.2) is 0 Å². The number of anilines is 2. The van der Waals surface area contributed by atoms with Crippen molar-refractivity contribution in [2.75, 3.05) is 10.2 Å². The van der Waals surface area contributed by atoms with Crippen molar-refractivity contribution in [1.82, 2.24) is 5.01 Å². The van der Waals surface area contributed by atoms with E-state index >= 15 is 0 Å². The van der Waals surface area contributed by atoms with Gasteiger partial charge in [-0.3, -0.25) is 29.5 Å². The van der Waals surface area contributed by atoms with E-state index in [2.05, 4.69) is 10.4 Å². The van der Waals surface area contributed by atoms with E-state index in [0.717, 1.165) is 4.90 Å². The third-order valence-electron chi connectivity index (χ3n) is 5.99. The molecule has 166 valence electrons. The van der Waals surface area contributed by atoms with Gasteiger partial charge in [0.2, 0.25) is 17.7 Å². The van der Waals surface area contributed by atoms with E-state index < -0.39 is 46.6 Å². The molecule has 4 atom stereocenters. The van der Waals surface area contributed by atoms with Gasteiger partial charge in [-0.1, -0.05) is 17.7 Å². The highest BCUT2D eigenvalue weighted by Crippen LogP contribution is 2.45. The summed E-state index contributed by atoms with van der Waals surface area (Å²) in [4.78, 5) is 51.4. The van der Waals surface area contributed by atoms with E-state index in [1.54, 1.807) is 36.4 Å². The minimum atomic E-state index is -1.02. The minimum Gasteiger partial charge on any atom is -0.324 e. The van der Waals surface area contributed by atoms with E-state index in [1.165, 1.54) is 35.5 Å². The summed E-state index contributed by atoms with van der Waals surface area (Å²) in [5.74, 6) is -3.29. The number of halogens is 1. The Kier molecular flexibility index (Phi) is 4.94. The largest absolute Gasteiger partial charge is 0.324 e. The second-order valence-corrected chi connectivity index (χ2v) is 8.23. The number of non-ortho nitro benzene ring substituents is 1. The molecule has 33 heavy (non-hydrogen) atoms. The summed E-state index contributed by atoms with van der Waals surface area (Å²) in [6.45, 7) is 0. The molecule has 0 saturated carbocycles. The van der Waals surface area contributed by atoms with Crippen LogP contribution in [0.3, 0.4) is 0 Å². The fourth-order valence-corrected chi connectivity index (χ4v) is 4.69. The Labute approximate surface area is 192 Å². The highest BCUT2D eigenvalue weighted by molar-refractivity contribution is 6.30. The number of hydrazone groups is 1. The van der Waals surface area contributed by atoms with Crippen LogP contribution in [0.1, 0.15) is 0 Å². The Morgan fingerprint density at radius 3 is 2.36 bits per heavy atom. The van der Waals surface area contributed by atoms with Crippen molar-refractivity contribution in [1.29, 1.82) is 0 Å². The van der Waals surface area contributed by atoms with E-state index in [4.69, 9.17) is 11.6 Å². The van der Waals surface area contributed by atoms with Crippen LogP contribution in [-0.4, -0.2) is 46.0 Å². The van der Waals surface area contributed by atoms with Gasteiger partial charge in [0.05, 0.1) is 28.5 Å². The number of hydrogen-bond donors (Lipinski definition) is 1. The molecule has 2 aromatic rings. The van der Waals surface area contributed by atoms with Crippen LogP contribution in [-0.2, 0) is 14.4 Å². The molecule has 0 radical (unpaired) electrons. The molecule has 2 aromatic carbocycles. The van der Waals surface area contributed by atoms with E-state index in [9.17, 15) is 24.5 Å². The number of nitrogens with one attached hydrogen (secondary N) is 1. The topological polar surface area (TPSA) is 125 Å². The number of carbonyl (C=O) groups is 3. The molecular weight excluding hydrogens is 450 g/mol. The van der Waals surface area contributed by atoms with Crippen LogP contribution in [0.15, 0.2) is 65.8 Å². The maximum Gasteiger partial charge on any atom is 0.269 e. The van der Waals surface area contributed by atoms with Gasteiger partial charge in [0.25, 0.3) is 5.69 Å². The molecule has 3 amide bonds. The van der Waals surface area contributed by atoms with Gasteiger partial charge in [-0.25, -0.2) is 4.90 Å². The zero-order chi connectivity index (χ0) is 23.3. The number of hydrogen-bond acceptors (Lipinski definition) is 7. The molecule has 0 bridgehead atoms. The molecule has 0 aromatic heterocycles. The number of nitrogens with zero attached hydrogens (tertiary/aromatic N) is 4. The van der Waals surface area contributed by atoms with Crippen molar-refractivity contribution < 1.29 is 19.3 Å². The lowest BCUT2D eigenvalue weighted by Gasteiger charge is -2.30. The van der Waals surface area contributed by atoms with Crippen molar-refractivity contribution in [2.24, 2.45) is 16.9 Å². The molecule has 1 N–H and O–H groups in total. The maximum absolute atomic E-state index is 13.4. The van der Waals surface area contributed by atoms with Crippen LogP contribution in [0.2, 0.25) is 5.02 Å². The fourth-order valence-electron chi connectivity index (χ4n) is 4.56. The molecule has 2 saturated heterocycles. The molecule has 3 aliphatic heterocycles. The molecule has 11 heteroatoms. The zero-order valence-electron chi connectivity index (χ0n) is 16.9. The van der Waals surface area contributed by atoms with Crippen molar-refractivity contribution in [3.63, 3.8) is 0 Å². The standard InChI is InChI=1S/C22H16ClN5O5/c23-12-3-5-13(6-4-12)25-20(29)19-18-17(16-2-1-11-24-27(16)19)21(30)26(22(18)31)14-7-9-15(10-8-14)28(32)33/h1-11,16-19H,(H,25,29). The van der Waals surface area contributed by atoms with Crippen LogP contribution < -0.4 is 10.2 Å². The van der Waals surface area contributed by atoms with Crippen molar-refractivity contribution in [3.05, 3.63) is 75.8 Å². The number of nitro benzene ring substituents is 1. The fraction of sp³-hybridized carbons (Fsp3) is 0.182. The number of rotatable bonds is 4. The molecular formula is C22H16ClN5O5. The molecule has 3 heterocycles. The SMILES string of the molecule is O=C(Nc1ccc(Cl)cc1)C1C2C(=O)N(c3ccc([N+](=O)[O-])cc3)C(=O)C2C2C=CC=NN21. The molecule has 10 nitrogen and oxygen atoms in total. The van der Waals surface area contributed by atoms with Crippen molar-refractivity contribution in [3.8, 4) is 0 Å². The maximum atomic E-state index is 13.4. The second-order valence-electron chi connectivity index (χ2n) is 7.80.